The van der Waals surface area contributed by atoms with Crippen molar-refractivity contribution in [3.8, 4) is 0 Å². The van der Waals surface area contributed by atoms with Crippen LogP contribution < -0.4 is 5.32 Å². The number of hydrogen-bond acceptors (Lipinski definition) is 3. The second-order valence-corrected chi connectivity index (χ2v) is 7.28. The maximum absolute atomic E-state index is 6.26. The number of fused-ring (bicyclic) bond motifs is 1. The molecule has 0 spiro atoms. The lowest BCUT2D eigenvalue weighted by atomic mass is 9.98. The molecule has 1 N–H and O–H groups in total. The molecule has 0 bridgehead atoms. The lowest BCUT2D eigenvalue weighted by Crippen LogP contribution is -2.24. The molecule has 1 aromatic carbocycles. The van der Waals surface area contributed by atoms with Crippen molar-refractivity contribution in [2.75, 3.05) is 6.54 Å². The van der Waals surface area contributed by atoms with Crippen molar-refractivity contribution in [3.05, 3.63) is 49.4 Å². The van der Waals surface area contributed by atoms with E-state index in [0.29, 0.717) is 6.04 Å². The third-order valence-electron chi connectivity index (χ3n) is 3.84. The molecule has 0 saturated carbocycles. The van der Waals surface area contributed by atoms with Crippen LogP contribution in [-0.2, 0) is 12.8 Å². The van der Waals surface area contributed by atoms with E-state index < -0.39 is 0 Å². The number of hydrogen-bond donors (Lipinski definition) is 1. The third kappa shape index (κ3) is 3.26. The smallest absolute Gasteiger partial charge is 0.0976 e. The van der Waals surface area contributed by atoms with Crippen LogP contribution in [0.5, 0.6) is 0 Å². The van der Waals surface area contributed by atoms with E-state index in [0.717, 1.165) is 40.0 Å². The zero-order valence-corrected chi connectivity index (χ0v) is 14.3. The summed E-state index contributed by atoms with van der Waals surface area (Å²) < 4.78 is 0. The Hall–Kier alpha value is -0.610. The Labute approximate surface area is 139 Å². The molecule has 0 amide bonds. The minimum absolute atomic E-state index is 0.408. The Morgan fingerprint density at radius 3 is 2.81 bits per heavy atom. The molecule has 0 radical (unpaired) electrons. The fourth-order valence-corrected chi connectivity index (χ4v) is 4.56. The minimum Gasteiger partial charge on any atom is -0.309 e. The van der Waals surface area contributed by atoms with Gasteiger partial charge in [-0.05, 0) is 43.5 Å². The first kappa shape index (κ1) is 15.3. The molecule has 1 heterocycles. The molecule has 1 aliphatic rings. The van der Waals surface area contributed by atoms with Gasteiger partial charge >= 0.3 is 0 Å². The first-order valence-corrected chi connectivity index (χ1v) is 8.91. The monoisotopic (exact) mass is 340 g/mol. The van der Waals surface area contributed by atoms with Gasteiger partial charge in [0.25, 0.3) is 0 Å². The minimum atomic E-state index is 0.408. The summed E-state index contributed by atoms with van der Waals surface area (Å²) in [5.74, 6) is 0. The number of aromatic nitrogens is 1. The zero-order valence-electron chi connectivity index (χ0n) is 12.0. The summed E-state index contributed by atoms with van der Waals surface area (Å²) in [5, 5.41) is 6.09. The molecule has 1 unspecified atom stereocenters. The summed E-state index contributed by atoms with van der Waals surface area (Å²) >= 11 is 14.3. The molecule has 5 heteroatoms. The molecular formula is C16H18Cl2N2S. The average molecular weight is 341 g/mol. The molecule has 21 heavy (non-hydrogen) atoms. The van der Waals surface area contributed by atoms with E-state index in [1.165, 1.54) is 23.4 Å². The van der Waals surface area contributed by atoms with Gasteiger partial charge in [0.1, 0.15) is 0 Å². The van der Waals surface area contributed by atoms with Gasteiger partial charge in [0, 0.05) is 21.3 Å². The molecule has 0 fully saturated rings. The van der Waals surface area contributed by atoms with Gasteiger partial charge in [0.05, 0.1) is 16.7 Å². The van der Waals surface area contributed by atoms with E-state index in [4.69, 9.17) is 28.2 Å². The van der Waals surface area contributed by atoms with Gasteiger partial charge in [-0.2, -0.15) is 0 Å². The third-order valence-corrected chi connectivity index (χ3v) is 5.68. The van der Waals surface area contributed by atoms with Crippen molar-refractivity contribution < 1.29 is 0 Å². The van der Waals surface area contributed by atoms with Crippen LogP contribution in [0, 0.1) is 0 Å². The van der Waals surface area contributed by atoms with Crippen molar-refractivity contribution in [1.29, 1.82) is 0 Å². The fourth-order valence-electron chi connectivity index (χ4n) is 2.84. The van der Waals surface area contributed by atoms with Gasteiger partial charge in [0.2, 0.25) is 0 Å². The number of rotatable bonds is 4. The number of aryl methyl sites for hydroxylation is 1. The van der Waals surface area contributed by atoms with Gasteiger partial charge in [-0.3, -0.25) is 0 Å². The first-order valence-electron chi connectivity index (χ1n) is 7.33. The topological polar surface area (TPSA) is 24.9 Å². The predicted molar refractivity (Wildman–Crippen MR) is 90.7 cm³/mol. The van der Waals surface area contributed by atoms with E-state index in [9.17, 15) is 0 Å². The number of halogens is 2. The van der Waals surface area contributed by atoms with Crippen LogP contribution in [0.15, 0.2) is 18.2 Å². The van der Waals surface area contributed by atoms with Crippen molar-refractivity contribution in [2.45, 2.75) is 38.6 Å². The molecular weight excluding hydrogens is 323 g/mol. The van der Waals surface area contributed by atoms with Gasteiger partial charge in [-0.25, -0.2) is 4.98 Å². The summed E-state index contributed by atoms with van der Waals surface area (Å²) in [6, 6.07) is 6.06. The predicted octanol–water partition coefficient (Wildman–Crippen LogP) is 5.03. The Kier molecular flexibility index (Phi) is 4.85. The number of benzene rings is 1. The maximum atomic E-state index is 6.26. The largest absolute Gasteiger partial charge is 0.309 e. The Morgan fingerprint density at radius 1 is 1.33 bits per heavy atom. The fraction of sp³-hybridized carbons (Fsp3) is 0.438. The number of nitrogens with zero attached hydrogens (tertiary/aromatic N) is 1. The molecule has 1 aliphatic carbocycles. The molecule has 1 atom stereocenters. The van der Waals surface area contributed by atoms with E-state index >= 15 is 0 Å². The average Bonchev–Trinajstić information content (AvgIpc) is 2.87. The highest BCUT2D eigenvalue weighted by Crippen LogP contribution is 2.35. The van der Waals surface area contributed by atoms with Crippen LogP contribution in [0.4, 0.5) is 0 Å². The van der Waals surface area contributed by atoms with Crippen molar-refractivity contribution >= 4 is 34.5 Å². The Morgan fingerprint density at radius 2 is 2.10 bits per heavy atom. The number of nitrogens with one attached hydrogen (secondary N) is 1. The van der Waals surface area contributed by atoms with Crippen LogP contribution in [0.25, 0.3) is 0 Å². The Bertz CT molecular complexity index is 619. The van der Waals surface area contributed by atoms with E-state index in [1.54, 1.807) is 0 Å². The van der Waals surface area contributed by atoms with Crippen molar-refractivity contribution in [2.24, 2.45) is 0 Å². The maximum Gasteiger partial charge on any atom is 0.0976 e. The quantitative estimate of drug-likeness (QED) is 0.844. The molecule has 0 aliphatic heterocycles. The van der Waals surface area contributed by atoms with Crippen LogP contribution in [0.2, 0.25) is 10.0 Å². The van der Waals surface area contributed by atoms with Crippen molar-refractivity contribution in [3.63, 3.8) is 0 Å². The van der Waals surface area contributed by atoms with E-state index in [2.05, 4.69) is 12.2 Å². The van der Waals surface area contributed by atoms with Crippen LogP contribution in [0.3, 0.4) is 0 Å². The Balaban J connectivity index is 1.88. The SMILES string of the molecule is CCNC1CCCc2sc(Cc3c(Cl)cccc3Cl)nc21. The molecule has 112 valence electrons. The molecule has 2 nitrogen and oxygen atoms in total. The standard InChI is InChI=1S/C16H18Cl2N2S/c1-2-19-13-7-4-8-14-16(13)20-15(21-14)9-10-11(17)5-3-6-12(10)18/h3,5-6,13,19H,2,4,7-9H2,1H3. The van der Waals surface area contributed by atoms with E-state index in [-0.39, 0.29) is 0 Å². The zero-order chi connectivity index (χ0) is 14.8. The highest BCUT2D eigenvalue weighted by atomic mass is 35.5. The summed E-state index contributed by atoms with van der Waals surface area (Å²) in [6.45, 7) is 3.12. The van der Waals surface area contributed by atoms with Gasteiger partial charge in [-0.1, -0.05) is 36.2 Å². The summed E-state index contributed by atoms with van der Waals surface area (Å²) in [5.41, 5.74) is 2.22. The molecule has 0 saturated heterocycles. The van der Waals surface area contributed by atoms with Crippen LogP contribution in [-0.4, -0.2) is 11.5 Å². The van der Waals surface area contributed by atoms with Crippen molar-refractivity contribution in [1.82, 2.24) is 10.3 Å². The normalized spacial score (nSPS) is 17.8. The second kappa shape index (κ2) is 6.66. The van der Waals surface area contributed by atoms with Gasteiger partial charge in [-0.15, -0.1) is 11.3 Å². The summed E-state index contributed by atoms with van der Waals surface area (Å²) in [4.78, 5) is 6.29. The highest BCUT2D eigenvalue weighted by Gasteiger charge is 2.24. The number of thiazole rings is 1. The lowest BCUT2D eigenvalue weighted by molar-refractivity contribution is 0.465. The summed E-state index contributed by atoms with van der Waals surface area (Å²) in [7, 11) is 0. The van der Waals surface area contributed by atoms with Gasteiger partial charge < -0.3 is 5.32 Å². The molecule has 2 aromatic rings. The summed E-state index contributed by atoms with van der Waals surface area (Å²) in [6.07, 6.45) is 4.27. The lowest BCUT2D eigenvalue weighted by Gasteiger charge is -2.21. The van der Waals surface area contributed by atoms with Crippen LogP contribution in [0.1, 0.15) is 46.9 Å². The van der Waals surface area contributed by atoms with Gasteiger partial charge in [0.15, 0.2) is 0 Å². The first-order chi connectivity index (χ1) is 10.2. The van der Waals surface area contributed by atoms with Crippen LogP contribution >= 0.6 is 34.5 Å². The second-order valence-electron chi connectivity index (χ2n) is 5.30. The molecule has 3 rings (SSSR count). The van der Waals surface area contributed by atoms with E-state index in [1.807, 2.05) is 29.5 Å². The molecule has 1 aromatic heterocycles. The highest BCUT2D eigenvalue weighted by molar-refractivity contribution is 7.11.